The second-order valence-corrected chi connectivity index (χ2v) is 15.9. The summed E-state index contributed by atoms with van der Waals surface area (Å²) < 4.78 is 0. The standard InChI is InChI=1S/C47H44N4S2/c1-34(43-18-12-30-52-43)49-45(48-33-35-14-6-3-7-15-35)37-20-24-39(25-21-37)47(28-10-5-11-29-47)40-26-22-38(23-27-40)46-50-41(44-19-13-31-53-44)32-42(51(46)2)36-16-8-4-9-17-36/h4,6,8-9,12-27,30-33,42H,1,3,5,7,10-11,28-29H2,2H3. The molecule has 2 aromatic heterocycles. The van der Waals surface area contributed by atoms with Crippen LogP contribution < -0.4 is 0 Å². The van der Waals surface area contributed by atoms with Gasteiger partial charge in [-0.2, -0.15) is 0 Å². The van der Waals surface area contributed by atoms with E-state index in [0.29, 0.717) is 5.84 Å². The summed E-state index contributed by atoms with van der Waals surface area (Å²) in [6.07, 6.45) is 18.9. The first-order chi connectivity index (χ1) is 26.1. The number of aliphatic imine (C=N–C) groups is 3. The van der Waals surface area contributed by atoms with Crippen molar-refractivity contribution in [3.05, 3.63) is 188 Å². The average Bonchev–Trinajstić information content (AvgIpc) is 3.97. The minimum atomic E-state index is -0.0525. The van der Waals surface area contributed by atoms with Gasteiger partial charge in [0.25, 0.3) is 0 Å². The largest absolute Gasteiger partial charge is 0.349 e. The molecule has 2 aliphatic carbocycles. The third-order valence-corrected chi connectivity index (χ3v) is 12.5. The van der Waals surface area contributed by atoms with E-state index in [4.69, 9.17) is 15.0 Å². The lowest BCUT2D eigenvalue weighted by molar-refractivity contribution is 0.346. The smallest absolute Gasteiger partial charge is 0.159 e. The van der Waals surface area contributed by atoms with Crippen molar-refractivity contribution in [2.45, 2.75) is 56.4 Å². The molecule has 3 aliphatic rings. The second kappa shape index (κ2) is 15.8. The van der Waals surface area contributed by atoms with Gasteiger partial charge in [0.05, 0.1) is 27.2 Å². The van der Waals surface area contributed by atoms with E-state index in [9.17, 15) is 0 Å². The summed E-state index contributed by atoms with van der Waals surface area (Å²) in [7, 11) is 2.16. The number of rotatable bonds is 9. The van der Waals surface area contributed by atoms with Crippen LogP contribution in [0.15, 0.2) is 165 Å². The first-order valence-electron chi connectivity index (χ1n) is 18.6. The summed E-state index contributed by atoms with van der Waals surface area (Å²) in [5, 5.41) is 4.19. The maximum atomic E-state index is 5.26. The molecule has 0 amide bonds. The SMILES string of the molecule is C=C(N=C(N=CC1=CCCC=C1)c1ccc(C2(c3ccc(C4=NC(c5cccs5)=CC(c5ccccc5)N4C)cc3)CCCCC2)cc1)c1cccs1. The summed E-state index contributed by atoms with van der Waals surface area (Å²) in [6.45, 7) is 4.29. The van der Waals surface area contributed by atoms with Crippen molar-refractivity contribution in [2.24, 2.45) is 15.0 Å². The van der Waals surface area contributed by atoms with Crippen LogP contribution in [0.1, 0.15) is 88.6 Å². The maximum absolute atomic E-state index is 5.26. The van der Waals surface area contributed by atoms with Crippen LogP contribution in [-0.4, -0.2) is 29.8 Å². The zero-order valence-corrected chi connectivity index (χ0v) is 31.8. The Morgan fingerprint density at radius 3 is 2.25 bits per heavy atom. The summed E-state index contributed by atoms with van der Waals surface area (Å²) >= 11 is 3.39. The number of benzene rings is 3. The molecule has 6 heteroatoms. The third kappa shape index (κ3) is 7.53. The van der Waals surface area contributed by atoms with Gasteiger partial charge in [0, 0.05) is 29.8 Å². The molecule has 0 spiro atoms. The second-order valence-electron chi connectivity index (χ2n) is 14.0. The van der Waals surface area contributed by atoms with E-state index in [-0.39, 0.29) is 11.5 Å². The van der Waals surface area contributed by atoms with Crippen molar-refractivity contribution < 1.29 is 0 Å². The Bertz CT molecular complexity index is 2210. The van der Waals surface area contributed by atoms with Crippen LogP contribution in [0, 0.1) is 0 Å². The molecule has 0 bridgehead atoms. The van der Waals surface area contributed by atoms with Gasteiger partial charge in [-0.15, -0.1) is 22.7 Å². The first kappa shape index (κ1) is 34.9. The van der Waals surface area contributed by atoms with Gasteiger partial charge in [-0.25, -0.2) is 15.0 Å². The zero-order valence-electron chi connectivity index (χ0n) is 30.2. The highest BCUT2D eigenvalue weighted by molar-refractivity contribution is 7.11. The third-order valence-electron chi connectivity index (χ3n) is 10.7. The molecule has 0 radical (unpaired) electrons. The topological polar surface area (TPSA) is 40.3 Å². The number of hydrogen-bond acceptors (Lipinski definition) is 5. The molecule has 1 fully saturated rings. The van der Waals surface area contributed by atoms with Gasteiger partial charge in [0.1, 0.15) is 5.84 Å². The van der Waals surface area contributed by atoms with Crippen molar-refractivity contribution in [3.8, 4) is 0 Å². The number of likely N-dealkylation sites (N-methyl/N-ethyl adjacent to an activating group) is 1. The zero-order chi connectivity index (χ0) is 36.0. The van der Waals surface area contributed by atoms with Gasteiger partial charge in [0.15, 0.2) is 5.84 Å². The molecule has 8 rings (SSSR count). The van der Waals surface area contributed by atoms with E-state index >= 15 is 0 Å². The van der Waals surface area contributed by atoms with Crippen LogP contribution in [0.2, 0.25) is 0 Å². The van der Waals surface area contributed by atoms with Gasteiger partial charge in [-0.1, -0.05) is 135 Å². The van der Waals surface area contributed by atoms with E-state index in [1.54, 1.807) is 22.7 Å². The Labute approximate surface area is 321 Å². The normalized spacial score (nSPS) is 18.8. The lowest BCUT2D eigenvalue weighted by atomic mass is 9.65. The average molecular weight is 729 g/mol. The predicted molar refractivity (Wildman–Crippen MR) is 227 cm³/mol. The van der Waals surface area contributed by atoms with Gasteiger partial charge in [-0.3, -0.25) is 0 Å². The number of hydrogen-bond donors (Lipinski definition) is 0. The van der Waals surface area contributed by atoms with E-state index in [0.717, 1.165) is 64.5 Å². The number of thiophene rings is 2. The van der Waals surface area contributed by atoms with E-state index in [2.05, 4.69) is 151 Å². The van der Waals surface area contributed by atoms with Gasteiger partial charge < -0.3 is 4.90 Å². The maximum Gasteiger partial charge on any atom is 0.159 e. The highest BCUT2D eigenvalue weighted by Gasteiger charge is 2.36. The van der Waals surface area contributed by atoms with Crippen LogP contribution in [0.25, 0.3) is 11.4 Å². The number of nitrogens with zero attached hydrogens (tertiary/aromatic N) is 4. The minimum absolute atomic E-state index is 0.0525. The minimum Gasteiger partial charge on any atom is -0.349 e. The molecule has 0 N–H and O–H groups in total. The fourth-order valence-corrected chi connectivity index (χ4v) is 9.20. The highest BCUT2D eigenvalue weighted by atomic mass is 32.1. The Morgan fingerprint density at radius 2 is 1.57 bits per heavy atom. The van der Waals surface area contributed by atoms with Crippen LogP contribution in [0.3, 0.4) is 0 Å². The van der Waals surface area contributed by atoms with Crippen molar-refractivity contribution in [1.82, 2.24) is 4.90 Å². The van der Waals surface area contributed by atoms with Gasteiger partial charge in [-0.05, 0) is 76.9 Å². The molecule has 4 nitrogen and oxygen atoms in total. The van der Waals surface area contributed by atoms with Crippen molar-refractivity contribution in [3.63, 3.8) is 0 Å². The molecule has 0 saturated heterocycles. The molecular formula is C47H44N4S2. The molecule has 1 atom stereocenters. The molecular weight excluding hydrogens is 685 g/mol. The predicted octanol–water partition coefficient (Wildman–Crippen LogP) is 12.3. The van der Waals surface area contributed by atoms with Crippen LogP contribution in [-0.2, 0) is 5.41 Å². The molecule has 1 saturated carbocycles. The van der Waals surface area contributed by atoms with E-state index in [1.165, 1.54) is 40.8 Å². The number of amidine groups is 2. The van der Waals surface area contributed by atoms with Crippen molar-refractivity contribution in [1.29, 1.82) is 0 Å². The Balaban J connectivity index is 1.11. The number of allylic oxidation sites excluding steroid dienone is 4. The van der Waals surface area contributed by atoms with Crippen LogP contribution >= 0.6 is 22.7 Å². The molecule has 1 unspecified atom stereocenters. The molecule has 5 aromatic rings. The Kier molecular flexibility index (Phi) is 10.4. The Hall–Kier alpha value is -5.17. The summed E-state index contributed by atoms with van der Waals surface area (Å²) in [5.41, 5.74) is 8.94. The van der Waals surface area contributed by atoms with E-state index < -0.39 is 0 Å². The van der Waals surface area contributed by atoms with Crippen molar-refractivity contribution >= 4 is 52.0 Å². The quantitative estimate of drug-likeness (QED) is 0.110. The van der Waals surface area contributed by atoms with Crippen LogP contribution in [0.4, 0.5) is 0 Å². The fraction of sp³-hybridized carbons (Fsp3) is 0.213. The molecule has 3 aromatic carbocycles. The molecule has 264 valence electrons. The monoisotopic (exact) mass is 728 g/mol. The lowest BCUT2D eigenvalue weighted by Gasteiger charge is -2.39. The van der Waals surface area contributed by atoms with Crippen molar-refractivity contribution in [2.75, 3.05) is 7.05 Å². The summed E-state index contributed by atoms with van der Waals surface area (Å²) in [5.74, 6) is 1.67. The molecule has 1 aliphatic heterocycles. The first-order valence-corrected chi connectivity index (χ1v) is 20.4. The summed E-state index contributed by atoms with van der Waals surface area (Å²) in [6, 6.07) is 37.5. The molecule has 53 heavy (non-hydrogen) atoms. The van der Waals surface area contributed by atoms with Crippen LogP contribution in [0.5, 0.6) is 0 Å². The lowest BCUT2D eigenvalue weighted by Crippen LogP contribution is -2.34. The highest BCUT2D eigenvalue weighted by Crippen LogP contribution is 2.45. The van der Waals surface area contributed by atoms with E-state index in [1.807, 2.05) is 12.3 Å². The fourth-order valence-electron chi connectivity index (χ4n) is 7.86. The molecule has 3 heterocycles. The summed E-state index contributed by atoms with van der Waals surface area (Å²) in [4.78, 5) is 19.7. The Morgan fingerprint density at radius 1 is 0.830 bits per heavy atom. The van der Waals surface area contributed by atoms with Gasteiger partial charge in [0.2, 0.25) is 0 Å². The van der Waals surface area contributed by atoms with Gasteiger partial charge >= 0.3 is 0 Å².